The standard InChI is InChI=1S/C11H20O9/c1-17-10-8(16)9(5(3-13)19-10)20-11-7(15)6(14)4(2-12)18-11/h4-16H,2-3H2,1H3/t4-,5-,6+,7+,8+,9-,10+,11-/m1/s1. The van der Waals surface area contributed by atoms with E-state index >= 15 is 0 Å². The molecule has 2 fully saturated rings. The van der Waals surface area contributed by atoms with Gasteiger partial charge >= 0.3 is 0 Å². The second kappa shape index (κ2) is 6.60. The molecule has 2 saturated heterocycles. The molecule has 9 nitrogen and oxygen atoms in total. The third kappa shape index (κ3) is 2.82. The summed E-state index contributed by atoms with van der Waals surface area (Å²) in [6, 6.07) is 0. The Bertz CT molecular complexity index is 312. The Morgan fingerprint density at radius 1 is 0.850 bits per heavy atom. The Hall–Kier alpha value is -0.360. The van der Waals surface area contributed by atoms with Gasteiger partial charge in [-0.25, -0.2) is 0 Å². The van der Waals surface area contributed by atoms with Gasteiger partial charge in [-0.1, -0.05) is 0 Å². The van der Waals surface area contributed by atoms with Gasteiger partial charge in [0.05, 0.1) is 13.2 Å². The summed E-state index contributed by atoms with van der Waals surface area (Å²) in [6.07, 6.45) is -8.87. The summed E-state index contributed by atoms with van der Waals surface area (Å²) in [6.45, 7) is -0.900. The van der Waals surface area contributed by atoms with Crippen LogP contribution in [-0.2, 0) is 18.9 Å². The van der Waals surface area contributed by atoms with Gasteiger partial charge in [-0.3, -0.25) is 0 Å². The lowest BCUT2D eigenvalue weighted by Gasteiger charge is -2.24. The van der Waals surface area contributed by atoms with Crippen molar-refractivity contribution in [3.8, 4) is 0 Å². The Kier molecular flexibility index (Phi) is 5.29. The van der Waals surface area contributed by atoms with Gasteiger partial charge in [-0.05, 0) is 0 Å². The summed E-state index contributed by atoms with van der Waals surface area (Å²) in [7, 11) is 1.33. The molecule has 0 aromatic carbocycles. The maximum Gasteiger partial charge on any atom is 0.187 e. The van der Waals surface area contributed by atoms with Gasteiger partial charge < -0.3 is 44.5 Å². The Balaban J connectivity index is 2.01. The lowest BCUT2D eigenvalue weighted by atomic mass is 10.1. The van der Waals surface area contributed by atoms with E-state index in [1.165, 1.54) is 7.11 Å². The fraction of sp³-hybridized carbons (Fsp3) is 1.00. The second-order valence-corrected chi connectivity index (χ2v) is 4.76. The molecule has 0 aliphatic carbocycles. The van der Waals surface area contributed by atoms with Crippen LogP contribution in [0, 0.1) is 0 Å². The van der Waals surface area contributed by atoms with Gasteiger partial charge in [0.2, 0.25) is 0 Å². The second-order valence-electron chi connectivity index (χ2n) is 4.76. The molecule has 0 aromatic rings. The quantitative estimate of drug-likeness (QED) is 0.350. The molecule has 0 aromatic heterocycles. The van der Waals surface area contributed by atoms with Crippen molar-refractivity contribution in [2.75, 3.05) is 20.3 Å². The third-order valence-electron chi connectivity index (χ3n) is 3.49. The zero-order valence-electron chi connectivity index (χ0n) is 10.9. The van der Waals surface area contributed by atoms with Crippen molar-refractivity contribution in [1.82, 2.24) is 0 Å². The number of hydrogen-bond acceptors (Lipinski definition) is 9. The number of hydrogen-bond donors (Lipinski definition) is 5. The summed E-state index contributed by atoms with van der Waals surface area (Å²) in [5.41, 5.74) is 0. The monoisotopic (exact) mass is 296 g/mol. The molecule has 2 heterocycles. The van der Waals surface area contributed by atoms with Gasteiger partial charge in [-0.2, -0.15) is 0 Å². The minimum Gasteiger partial charge on any atom is -0.394 e. The Morgan fingerprint density at radius 3 is 1.95 bits per heavy atom. The van der Waals surface area contributed by atoms with Crippen molar-refractivity contribution < 1.29 is 44.5 Å². The van der Waals surface area contributed by atoms with E-state index in [0.717, 1.165) is 0 Å². The van der Waals surface area contributed by atoms with Gasteiger partial charge in [0, 0.05) is 7.11 Å². The van der Waals surface area contributed by atoms with Gasteiger partial charge in [0.15, 0.2) is 12.6 Å². The van der Waals surface area contributed by atoms with Crippen LogP contribution in [0.2, 0.25) is 0 Å². The van der Waals surface area contributed by atoms with Crippen LogP contribution in [-0.4, -0.2) is 95.1 Å². The number of methoxy groups -OCH3 is 1. The highest BCUT2D eigenvalue weighted by molar-refractivity contribution is 4.92. The minimum atomic E-state index is -1.37. The van der Waals surface area contributed by atoms with Crippen LogP contribution in [0.1, 0.15) is 0 Å². The molecule has 2 aliphatic heterocycles. The Morgan fingerprint density at radius 2 is 1.45 bits per heavy atom. The zero-order chi connectivity index (χ0) is 14.9. The first kappa shape index (κ1) is 16.0. The first-order valence-electron chi connectivity index (χ1n) is 6.28. The van der Waals surface area contributed by atoms with E-state index in [4.69, 9.17) is 24.1 Å². The molecule has 0 unspecified atom stereocenters. The molecule has 9 heteroatoms. The molecule has 0 spiro atoms. The summed E-state index contributed by atoms with van der Waals surface area (Å²) in [4.78, 5) is 0. The van der Waals surface area contributed by atoms with Crippen molar-refractivity contribution in [3.05, 3.63) is 0 Å². The van der Waals surface area contributed by atoms with Crippen LogP contribution >= 0.6 is 0 Å². The average Bonchev–Trinajstić information content (AvgIpc) is 2.91. The summed E-state index contributed by atoms with van der Waals surface area (Å²) < 4.78 is 20.6. The third-order valence-corrected chi connectivity index (χ3v) is 3.49. The van der Waals surface area contributed by atoms with E-state index in [9.17, 15) is 20.4 Å². The molecule has 0 radical (unpaired) electrons. The number of rotatable bonds is 5. The molecule has 8 atom stereocenters. The average molecular weight is 296 g/mol. The first-order valence-corrected chi connectivity index (χ1v) is 6.28. The van der Waals surface area contributed by atoms with Gasteiger partial charge in [-0.15, -0.1) is 0 Å². The molecule has 2 rings (SSSR count). The summed E-state index contributed by atoms with van der Waals surface area (Å²) >= 11 is 0. The maximum atomic E-state index is 9.95. The SMILES string of the molecule is CO[C@H]1O[C@H](CO)[C@@H](O[C@H]2O[C@H](CO)[C@H](O)[C@@H]2O)[C@@H]1O. The molecule has 0 bridgehead atoms. The van der Waals surface area contributed by atoms with E-state index in [2.05, 4.69) is 0 Å². The predicted octanol–water partition coefficient (Wildman–Crippen LogP) is -3.46. The fourth-order valence-corrected chi connectivity index (χ4v) is 2.35. The molecule has 0 amide bonds. The number of aliphatic hydroxyl groups is 5. The van der Waals surface area contributed by atoms with E-state index in [-0.39, 0.29) is 0 Å². The van der Waals surface area contributed by atoms with Gasteiger partial charge in [0.25, 0.3) is 0 Å². The number of ether oxygens (including phenoxy) is 4. The van der Waals surface area contributed by atoms with E-state index in [1.807, 2.05) is 0 Å². The van der Waals surface area contributed by atoms with Crippen LogP contribution in [0.5, 0.6) is 0 Å². The largest absolute Gasteiger partial charge is 0.394 e. The lowest BCUT2D eigenvalue weighted by Crippen LogP contribution is -2.43. The molecule has 118 valence electrons. The van der Waals surface area contributed by atoms with Crippen molar-refractivity contribution in [1.29, 1.82) is 0 Å². The first-order chi connectivity index (χ1) is 9.53. The van der Waals surface area contributed by atoms with Crippen LogP contribution in [0.3, 0.4) is 0 Å². The topological polar surface area (TPSA) is 138 Å². The summed E-state index contributed by atoms with van der Waals surface area (Å²) in [5.74, 6) is 0. The minimum absolute atomic E-state index is 0.420. The van der Waals surface area contributed by atoms with Crippen LogP contribution in [0.25, 0.3) is 0 Å². The van der Waals surface area contributed by atoms with Gasteiger partial charge in [0.1, 0.15) is 36.6 Å². The normalized spacial score (nSPS) is 48.9. The molecule has 5 N–H and O–H groups in total. The van der Waals surface area contributed by atoms with Crippen LogP contribution in [0.15, 0.2) is 0 Å². The highest BCUT2D eigenvalue weighted by atomic mass is 16.8. The maximum absolute atomic E-state index is 9.95. The van der Waals surface area contributed by atoms with Crippen molar-refractivity contribution in [2.45, 2.75) is 49.2 Å². The van der Waals surface area contributed by atoms with E-state index < -0.39 is 62.4 Å². The zero-order valence-corrected chi connectivity index (χ0v) is 10.9. The van der Waals surface area contributed by atoms with Crippen molar-refractivity contribution in [3.63, 3.8) is 0 Å². The molecule has 0 saturated carbocycles. The smallest absolute Gasteiger partial charge is 0.187 e. The number of aliphatic hydroxyl groups excluding tert-OH is 5. The van der Waals surface area contributed by atoms with Crippen molar-refractivity contribution in [2.24, 2.45) is 0 Å². The molecular weight excluding hydrogens is 276 g/mol. The fourth-order valence-electron chi connectivity index (χ4n) is 2.35. The van der Waals surface area contributed by atoms with E-state index in [0.29, 0.717) is 0 Å². The molecule has 2 aliphatic rings. The summed E-state index contributed by atoms with van der Waals surface area (Å²) in [5, 5.41) is 47.5. The van der Waals surface area contributed by atoms with Crippen molar-refractivity contribution >= 4 is 0 Å². The highest BCUT2D eigenvalue weighted by Gasteiger charge is 2.50. The van der Waals surface area contributed by atoms with E-state index in [1.54, 1.807) is 0 Å². The lowest BCUT2D eigenvalue weighted by molar-refractivity contribution is -0.215. The van der Waals surface area contributed by atoms with Crippen LogP contribution in [0.4, 0.5) is 0 Å². The Labute approximate surface area is 115 Å². The molecule has 20 heavy (non-hydrogen) atoms. The highest BCUT2D eigenvalue weighted by Crippen LogP contribution is 2.29. The molecular formula is C11H20O9. The van der Waals surface area contributed by atoms with Crippen LogP contribution < -0.4 is 0 Å². The predicted molar refractivity (Wildman–Crippen MR) is 61.4 cm³/mol.